The summed E-state index contributed by atoms with van der Waals surface area (Å²) in [5.41, 5.74) is 5.09. The van der Waals surface area contributed by atoms with Gasteiger partial charge in [0.2, 0.25) is 0 Å². The molecule has 3 rings (SSSR count). The van der Waals surface area contributed by atoms with Gasteiger partial charge in [-0.05, 0) is 12.8 Å². The van der Waals surface area contributed by atoms with Crippen LogP contribution in [-0.4, -0.2) is 9.97 Å². The van der Waals surface area contributed by atoms with Gasteiger partial charge in [0.15, 0.2) is 0 Å². The molecule has 0 atom stereocenters. The summed E-state index contributed by atoms with van der Waals surface area (Å²) in [5.74, 6) is 9.91. The van der Waals surface area contributed by atoms with Gasteiger partial charge in [-0.3, -0.25) is 0 Å². The van der Waals surface area contributed by atoms with Crippen LogP contribution in [0.5, 0.6) is 0 Å². The number of anilines is 1. The number of nitrogens with one attached hydrogen (secondary N) is 1. The smallest absolute Gasteiger partial charge is 0.148 e. The lowest BCUT2D eigenvalue weighted by atomic mass is 9.85. The monoisotopic (exact) mass is 222 g/mol. The van der Waals surface area contributed by atoms with Crippen LogP contribution in [0, 0.1) is 0 Å². The minimum atomic E-state index is 0.577. The molecule has 0 bridgehead atoms. The van der Waals surface area contributed by atoms with Crippen LogP contribution in [-0.2, 0) is 11.5 Å². The van der Waals surface area contributed by atoms with Crippen LogP contribution in [0.3, 0.4) is 0 Å². The second-order valence-electron chi connectivity index (χ2n) is 4.12. The Morgan fingerprint density at radius 2 is 2.13 bits per heavy atom. The Hall–Kier alpha value is -0.810. The Bertz CT molecular complexity index is 389. The molecule has 0 spiro atoms. The van der Waals surface area contributed by atoms with Gasteiger partial charge in [-0.15, -0.1) is 0 Å². The molecule has 0 saturated heterocycles. The lowest BCUT2D eigenvalue weighted by molar-refractivity contribution is 0.401. The number of nitrogen functional groups attached to an aromatic ring is 1. The van der Waals surface area contributed by atoms with E-state index in [0.717, 1.165) is 23.1 Å². The maximum absolute atomic E-state index is 5.50. The maximum Gasteiger partial charge on any atom is 0.148 e. The van der Waals surface area contributed by atoms with E-state index in [4.69, 9.17) is 5.84 Å². The van der Waals surface area contributed by atoms with E-state index in [9.17, 15) is 0 Å². The predicted octanol–water partition coefficient (Wildman–Crippen LogP) is 1.78. The van der Waals surface area contributed by atoms with Crippen molar-refractivity contribution in [2.75, 3.05) is 5.43 Å². The Labute approximate surface area is 93.0 Å². The highest BCUT2D eigenvalue weighted by molar-refractivity contribution is 7.98. The molecule has 4 nitrogen and oxygen atoms in total. The molecule has 1 aliphatic heterocycles. The van der Waals surface area contributed by atoms with Gasteiger partial charge in [0.1, 0.15) is 11.6 Å². The van der Waals surface area contributed by atoms with E-state index < -0.39 is 0 Å². The highest BCUT2D eigenvalue weighted by atomic mass is 32.2. The number of hydrogen-bond acceptors (Lipinski definition) is 5. The van der Waals surface area contributed by atoms with E-state index in [-0.39, 0.29) is 0 Å². The van der Waals surface area contributed by atoms with E-state index in [2.05, 4.69) is 15.4 Å². The number of nitrogens with zero attached hydrogens (tertiary/aromatic N) is 2. The average Bonchev–Trinajstić information content (AvgIpc) is 2.61. The lowest BCUT2D eigenvalue weighted by Crippen LogP contribution is -2.18. The van der Waals surface area contributed by atoms with Crippen molar-refractivity contribution >= 4 is 17.6 Å². The third-order valence-electron chi connectivity index (χ3n) is 3.20. The summed E-state index contributed by atoms with van der Waals surface area (Å²) in [6, 6.07) is 0. The number of nitrogens with two attached hydrogens (primary N) is 1. The predicted molar refractivity (Wildman–Crippen MR) is 61.4 cm³/mol. The normalized spacial score (nSPS) is 19.8. The zero-order valence-electron chi connectivity index (χ0n) is 8.49. The SMILES string of the molecule is NNc1nc(C2CCC2)nc2c1CSC2. The van der Waals surface area contributed by atoms with E-state index >= 15 is 0 Å². The molecule has 80 valence electrons. The highest BCUT2D eigenvalue weighted by Crippen LogP contribution is 2.38. The standard InChI is InChI=1S/C10H14N4S/c11-14-10-7-4-15-5-8(7)12-9(13-10)6-2-1-3-6/h6H,1-5,11H2,(H,12,13,14). The summed E-state index contributed by atoms with van der Waals surface area (Å²) in [7, 11) is 0. The fourth-order valence-corrected chi connectivity index (χ4v) is 3.08. The molecular formula is C10H14N4S. The molecule has 2 aliphatic rings. The third kappa shape index (κ3) is 1.50. The third-order valence-corrected chi connectivity index (χ3v) is 4.17. The lowest BCUT2D eigenvalue weighted by Gasteiger charge is -2.24. The first-order chi connectivity index (χ1) is 7.38. The summed E-state index contributed by atoms with van der Waals surface area (Å²) in [6.45, 7) is 0. The van der Waals surface area contributed by atoms with Crippen molar-refractivity contribution in [3.05, 3.63) is 17.1 Å². The fourth-order valence-electron chi connectivity index (χ4n) is 2.04. The highest BCUT2D eigenvalue weighted by Gasteiger charge is 2.26. The van der Waals surface area contributed by atoms with Crippen molar-refractivity contribution in [1.82, 2.24) is 9.97 Å². The minimum Gasteiger partial charge on any atom is -0.308 e. The first kappa shape index (κ1) is 9.42. The number of fused-ring (bicyclic) bond motifs is 1. The molecule has 15 heavy (non-hydrogen) atoms. The van der Waals surface area contributed by atoms with Crippen LogP contribution in [0.2, 0.25) is 0 Å². The van der Waals surface area contributed by atoms with Crippen LogP contribution in [0.1, 0.15) is 42.3 Å². The second-order valence-corrected chi connectivity index (χ2v) is 5.11. The molecule has 3 N–H and O–H groups in total. The number of hydrazine groups is 1. The van der Waals surface area contributed by atoms with Crippen molar-refractivity contribution in [1.29, 1.82) is 0 Å². The quantitative estimate of drug-likeness (QED) is 0.590. The summed E-state index contributed by atoms with van der Waals surface area (Å²) in [6.07, 6.45) is 3.77. The van der Waals surface area contributed by atoms with Gasteiger partial charge in [-0.2, -0.15) is 11.8 Å². The molecule has 5 heteroatoms. The molecule has 1 aromatic rings. The van der Waals surface area contributed by atoms with Crippen molar-refractivity contribution < 1.29 is 0 Å². The van der Waals surface area contributed by atoms with E-state index in [1.165, 1.54) is 30.5 Å². The molecule has 0 radical (unpaired) electrons. The van der Waals surface area contributed by atoms with E-state index in [1.807, 2.05) is 11.8 Å². The molecular weight excluding hydrogens is 208 g/mol. The van der Waals surface area contributed by atoms with E-state index in [1.54, 1.807) is 0 Å². The van der Waals surface area contributed by atoms with Crippen molar-refractivity contribution in [2.45, 2.75) is 36.7 Å². The fraction of sp³-hybridized carbons (Fsp3) is 0.600. The summed E-state index contributed by atoms with van der Waals surface area (Å²) < 4.78 is 0. The molecule has 0 unspecified atom stereocenters. The Kier molecular flexibility index (Phi) is 2.29. The van der Waals surface area contributed by atoms with Crippen LogP contribution >= 0.6 is 11.8 Å². The molecule has 1 aliphatic carbocycles. The topological polar surface area (TPSA) is 63.8 Å². The van der Waals surface area contributed by atoms with Crippen LogP contribution in [0.25, 0.3) is 0 Å². The van der Waals surface area contributed by atoms with Gasteiger partial charge in [-0.1, -0.05) is 6.42 Å². The molecule has 0 amide bonds. The summed E-state index contributed by atoms with van der Waals surface area (Å²) >= 11 is 1.88. The zero-order chi connectivity index (χ0) is 10.3. The number of thioether (sulfide) groups is 1. The van der Waals surface area contributed by atoms with Gasteiger partial charge >= 0.3 is 0 Å². The van der Waals surface area contributed by atoms with Gasteiger partial charge in [-0.25, -0.2) is 15.8 Å². The first-order valence-corrected chi connectivity index (χ1v) is 6.48. The van der Waals surface area contributed by atoms with Gasteiger partial charge < -0.3 is 5.43 Å². The van der Waals surface area contributed by atoms with Crippen LogP contribution in [0.4, 0.5) is 5.82 Å². The van der Waals surface area contributed by atoms with Crippen molar-refractivity contribution in [3.8, 4) is 0 Å². The van der Waals surface area contributed by atoms with Crippen molar-refractivity contribution in [3.63, 3.8) is 0 Å². The van der Waals surface area contributed by atoms with E-state index in [0.29, 0.717) is 5.92 Å². The number of hydrogen-bond donors (Lipinski definition) is 2. The summed E-state index contributed by atoms with van der Waals surface area (Å²) in [5, 5.41) is 0. The average molecular weight is 222 g/mol. The summed E-state index contributed by atoms with van der Waals surface area (Å²) in [4.78, 5) is 9.18. The minimum absolute atomic E-state index is 0.577. The molecule has 1 aromatic heterocycles. The number of rotatable bonds is 2. The van der Waals surface area contributed by atoms with Gasteiger partial charge in [0, 0.05) is 23.0 Å². The Balaban J connectivity index is 2.02. The number of aromatic nitrogens is 2. The van der Waals surface area contributed by atoms with Gasteiger partial charge in [0.25, 0.3) is 0 Å². The zero-order valence-corrected chi connectivity index (χ0v) is 9.31. The van der Waals surface area contributed by atoms with Crippen molar-refractivity contribution in [2.24, 2.45) is 5.84 Å². The maximum atomic E-state index is 5.50. The largest absolute Gasteiger partial charge is 0.308 e. The first-order valence-electron chi connectivity index (χ1n) is 5.32. The van der Waals surface area contributed by atoms with Crippen LogP contribution < -0.4 is 11.3 Å². The van der Waals surface area contributed by atoms with Crippen LogP contribution in [0.15, 0.2) is 0 Å². The molecule has 1 saturated carbocycles. The molecule has 0 aromatic carbocycles. The molecule has 1 fully saturated rings. The Morgan fingerprint density at radius 1 is 1.27 bits per heavy atom. The Morgan fingerprint density at radius 3 is 2.80 bits per heavy atom. The second kappa shape index (κ2) is 3.64. The molecule has 2 heterocycles. The van der Waals surface area contributed by atoms with Gasteiger partial charge in [0.05, 0.1) is 5.69 Å².